The van der Waals surface area contributed by atoms with E-state index in [1.165, 1.54) is 42.5 Å². The molecule has 3 aromatic rings. The lowest BCUT2D eigenvalue weighted by atomic mass is 9.98. The Morgan fingerprint density at radius 2 is 1.69 bits per heavy atom. The average Bonchev–Trinajstić information content (AvgIpc) is 3.06. The maximum atomic E-state index is 13.5. The normalized spacial score (nSPS) is 15.2. The number of aliphatic hydroxyl groups is 1. The molecule has 1 atom stereocenters. The summed E-state index contributed by atoms with van der Waals surface area (Å²) in [4.78, 5) is 25.4. The van der Waals surface area contributed by atoms with Crippen LogP contribution in [0.2, 0.25) is 5.02 Å². The number of carboxylic acids is 1. The number of aliphatic carboxylic acids is 1. The molecule has 0 saturated heterocycles. The van der Waals surface area contributed by atoms with Crippen LogP contribution in [-0.2, 0) is 11.2 Å². The minimum absolute atomic E-state index is 0.0124. The van der Waals surface area contributed by atoms with E-state index in [2.05, 4.69) is 0 Å². The van der Waals surface area contributed by atoms with Crippen LogP contribution in [-0.4, -0.2) is 48.2 Å². The van der Waals surface area contributed by atoms with E-state index in [-0.39, 0.29) is 45.1 Å². The molecule has 0 spiro atoms. The molecule has 0 aromatic heterocycles. The van der Waals surface area contributed by atoms with E-state index in [1.54, 1.807) is 0 Å². The van der Waals surface area contributed by atoms with Crippen LogP contribution in [0.15, 0.2) is 42.5 Å². The second-order valence-electron chi connectivity index (χ2n) is 7.83. The summed E-state index contributed by atoms with van der Waals surface area (Å²) in [6, 6.07) is 9.72. The topological polar surface area (TPSA) is 96.3 Å². The molecule has 2 N–H and O–H groups in total. The van der Waals surface area contributed by atoms with Gasteiger partial charge in [-0.05, 0) is 35.2 Å². The van der Waals surface area contributed by atoms with Crippen molar-refractivity contribution >= 4 is 39.9 Å². The molecule has 190 valence electrons. The SMILES string of the molecule is O=C(O)Cc1ccc(N2C(=O)c3c(OCC(F)F)cc4cccc(OCC(F)F)c4c3C2O)c(Cl)c1. The van der Waals surface area contributed by atoms with Crippen molar-refractivity contribution in [3.63, 3.8) is 0 Å². The average molecular weight is 528 g/mol. The fourth-order valence-corrected chi connectivity index (χ4v) is 4.37. The maximum Gasteiger partial charge on any atom is 0.307 e. The molecule has 1 unspecified atom stereocenters. The molecular formula is C24H18ClF4NO6. The van der Waals surface area contributed by atoms with E-state index >= 15 is 0 Å². The molecule has 1 amide bonds. The number of alkyl halides is 4. The number of nitrogens with zero attached hydrogens (tertiary/aromatic N) is 1. The number of hydrogen-bond donors (Lipinski definition) is 2. The van der Waals surface area contributed by atoms with Crippen molar-refractivity contribution in [1.29, 1.82) is 0 Å². The zero-order valence-electron chi connectivity index (χ0n) is 18.3. The Morgan fingerprint density at radius 1 is 1.03 bits per heavy atom. The van der Waals surface area contributed by atoms with Gasteiger partial charge in [0.2, 0.25) is 0 Å². The molecule has 1 aliphatic heterocycles. The molecule has 4 rings (SSSR count). The van der Waals surface area contributed by atoms with Crippen molar-refractivity contribution in [3.05, 3.63) is 64.2 Å². The number of benzene rings is 3. The Kier molecular flexibility index (Phi) is 7.23. The number of carboxylic acid groups (broad SMARTS) is 1. The third-order valence-electron chi connectivity index (χ3n) is 5.42. The summed E-state index contributed by atoms with van der Waals surface area (Å²) in [5.41, 5.74) is 0.00849. The van der Waals surface area contributed by atoms with E-state index in [1.807, 2.05) is 0 Å². The van der Waals surface area contributed by atoms with Crippen LogP contribution in [0.3, 0.4) is 0 Å². The lowest BCUT2D eigenvalue weighted by molar-refractivity contribution is -0.136. The zero-order valence-corrected chi connectivity index (χ0v) is 19.0. The number of anilines is 1. The zero-order chi connectivity index (χ0) is 26.1. The van der Waals surface area contributed by atoms with Crippen LogP contribution < -0.4 is 14.4 Å². The fraction of sp³-hybridized carbons (Fsp3) is 0.250. The molecule has 3 aromatic carbocycles. The van der Waals surface area contributed by atoms with Gasteiger partial charge >= 0.3 is 5.97 Å². The van der Waals surface area contributed by atoms with Gasteiger partial charge in [0.15, 0.2) is 6.23 Å². The Balaban J connectivity index is 1.88. The van der Waals surface area contributed by atoms with Gasteiger partial charge in [0.1, 0.15) is 24.7 Å². The molecule has 0 radical (unpaired) electrons. The van der Waals surface area contributed by atoms with Crippen LogP contribution in [0.1, 0.15) is 27.7 Å². The molecule has 0 aliphatic carbocycles. The molecule has 1 heterocycles. The monoisotopic (exact) mass is 527 g/mol. The molecule has 0 saturated carbocycles. The van der Waals surface area contributed by atoms with Crippen molar-refractivity contribution < 1.29 is 46.8 Å². The van der Waals surface area contributed by atoms with Gasteiger partial charge in [-0.15, -0.1) is 0 Å². The number of aliphatic hydroxyl groups excluding tert-OH is 1. The third-order valence-corrected chi connectivity index (χ3v) is 5.72. The Bertz CT molecular complexity index is 1340. The summed E-state index contributed by atoms with van der Waals surface area (Å²) in [7, 11) is 0. The highest BCUT2D eigenvalue weighted by Gasteiger charge is 2.42. The van der Waals surface area contributed by atoms with E-state index in [0.717, 1.165) is 4.90 Å². The van der Waals surface area contributed by atoms with Crippen molar-refractivity contribution in [2.75, 3.05) is 18.1 Å². The van der Waals surface area contributed by atoms with Gasteiger partial charge < -0.3 is 19.7 Å². The molecule has 0 fully saturated rings. The van der Waals surface area contributed by atoms with Crippen LogP contribution in [0.25, 0.3) is 10.8 Å². The first-order valence-electron chi connectivity index (χ1n) is 10.5. The predicted molar refractivity (Wildman–Crippen MR) is 122 cm³/mol. The second-order valence-corrected chi connectivity index (χ2v) is 8.23. The molecule has 1 aliphatic rings. The lowest BCUT2D eigenvalue weighted by Crippen LogP contribution is -2.28. The van der Waals surface area contributed by atoms with Crippen molar-refractivity contribution in [2.24, 2.45) is 0 Å². The first-order chi connectivity index (χ1) is 17.1. The summed E-state index contributed by atoms with van der Waals surface area (Å²) in [5, 5.41) is 20.6. The maximum absolute atomic E-state index is 13.5. The quantitative estimate of drug-likeness (QED) is 0.378. The highest BCUT2D eigenvalue weighted by atomic mass is 35.5. The first-order valence-corrected chi connectivity index (χ1v) is 10.9. The molecule has 7 nitrogen and oxygen atoms in total. The lowest BCUT2D eigenvalue weighted by Gasteiger charge is -2.23. The number of carbonyl (C=O) groups excluding carboxylic acids is 1. The summed E-state index contributed by atoms with van der Waals surface area (Å²) in [6.45, 7) is -1.99. The Hall–Kier alpha value is -3.57. The number of hydrogen-bond acceptors (Lipinski definition) is 5. The number of carbonyl (C=O) groups is 2. The van der Waals surface area contributed by atoms with Gasteiger partial charge in [-0.25, -0.2) is 17.6 Å². The second kappa shape index (κ2) is 10.2. The molecule has 0 bridgehead atoms. The van der Waals surface area contributed by atoms with E-state index in [0.29, 0.717) is 10.9 Å². The summed E-state index contributed by atoms with van der Waals surface area (Å²) in [5.74, 6) is -2.25. The van der Waals surface area contributed by atoms with Crippen molar-refractivity contribution in [1.82, 2.24) is 0 Å². The van der Waals surface area contributed by atoms with Crippen LogP contribution in [0.5, 0.6) is 11.5 Å². The molecule has 12 heteroatoms. The number of fused-ring (bicyclic) bond motifs is 3. The minimum Gasteiger partial charge on any atom is -0.487 e. The van der Waals surface area contributed by atoms with E-state index < -0.39 is 44.2 Å². The Labute approximate surface area is 206 Å². The summed E-state index contributed by atoms with van der Waals surface area (Å²) < 4.78 is 61.9. The van der Waals surface area contributed by atoms with Crippen molar-refractivity contribution in [2.45, 2.75) is 25.5 Å². The van der Waals surface area contributed by atoms with Crippen molar-refractivity contribution in [3.8, 4) is 11.5 Å². The van der Waals surface area contributed by atoms with Gasteiger partial charge in [0.05, 0.1) is 22.7 Å². The fourth-order valence-electron chi connectivity index (χ4n) is 4.08. The number of rotatable bonds is 9. The first kappa shape index (κ1) is 25.5. The summed E-state index contributed by atoms with van der Waals surface area (Å²) in [6.07, 6.45) is -7.71. The van der Waals surface area contributed by atoms with Gasteiger partial charge in [-0.1, -0.05) is 29.8 Å². The van der Waals surface area contributed by atoms with Gasteiger partial charge in [-0.2, -0.15) is 0 Å². The highest BCUT2D eigenvalue weighted by Crippen LogP contribution is 2.48. The Morgan fingerprint density at radius 3 is 2.31 bits per heavy atom. The standard InChI is InChI=1S/C24H18ClF4NO6/c25-13-6-11(7-19(31)32)4-5-14(13)30-23(33)21-16(36-10-18(28)29)8-12-2-1-3-15(35-9-17(26)27)20(12)22(21)24(30)34/h1-6,8,17-18,24,34H,7,9-10H2,(H,31,32). The van der Waals surface area contributed by atoms with Gasteiger partial charge in [-0.3, -0.25) is 14.5 Å². The number of halogens is 5. The van der Waals surface area contributed by atoms with Gasteiger partial charge in [0.25, 0.3) is 18.8 Å². The molecular weight excluding hydrogens is 510 g/mol. The smallest absolute Gasteiger partial charge is 0.307 e. The number of amides is 1. The highest BCUT2D eigenvalue weighted by molar-refractivity contribution is 6.34. The largest absolute Gasteiger partial charge is 0.487 e. The van der Waals surface area contributed by atoms with E-state index in [9.17, 15) is 32.3 Å². The van der Waals surface area contributed by atoms with Crippen LogP contribution in [0, 0.1) is 0 Å². The van der Waals surface area contributed by atoms with Crippen LogP contribution >= 0.6 is 11.6 Å². The summed E-state index contributed by atoms with van der Waals surface area (Å²) >= 11 is 6.31. The van der Waals surface area contributed by atoms with Crippen LogP contribution in [0.4, 0.5) is 23.2 Å². The third kappa shape index (κ3) is 4.89. The number of ether oxygens (including phenoxy) is 2. The van der Waals surface area contributed by atoms with Gasteiger partial charge in [0, 0.05) is 10.9 Å². The minimum atomic E-state index is -2.86. The molecule has 36 heavy (non-hydrogen) atoms. The van der Waals surface area contributed by atoms with E-state index in [4.69, 9.17) is 26.2 Å². The predicted octanol–water partition coefficient (Wildman–Crippen LogP) is 5.06.